The average molecular weight is 296 g/mol. The Labute approximate surface area is 130 Å². The molecule has 0 saturated carbocycles. The summed E-state index contributed by atoms with van der Waals surface area (Å²) in [4.78, 5) is 18.8. The van der Waals surface area contributed by atoms with Crippen molar-refractivity contribution in [1.82, 2.24) is 9.88 Å². The van der Waals surface area contributed by atoms with Gasteiger partial charge < -0.3 is 9.64 Å². The van der Waals surface area contributed by atoms with Crippen LogP contribution in [0.5, 0.6) is 5.88 Å². The lowest BCUT2D eigenvalue weighted by molar-refractivity contribution is 0.0736. The number of carbonyl (C=O) groups excluding carboxylic acids is 1. The smallest absolute Gasteiger partial charge is 0.255 e. The maximum absolute atomic E-state index is 12.7. The van der Waals surface area contributed by atoms with Gasteiger partial charge in [0.2, 0.25) is 5.88 Å². The molecule has 0 N–H and O–H groups in total. The van der Waals surface area contributed by atoms with Crippen molar-refractivity contribution in [3.8, 4) is 5.88 Å². The van der Waals surface area contributed by atoms with E-state index in [0.717, 1.165) is 25.8 Å². The van der Waals surface area contributed by atoms with Crippen LogP contribution in [0.25, 0.3) is 0 Å². The molecule has 1 aliphatic rings. The summed E-state index contributed by atoms with van der Waals surface area (Å²) in [5.41, 5.74) is 1.90. The van der Waals surface area contributed by atoms with E-state index in [0.29, 0.717) is 11.4 Å². The lowest BCUT2D eigenvalue weighted by atomic mass is 10.0. The van der Waals surface area contributed by atoms with Crippen LogP contribution in [0.3, 0.4) is 0 Å². The number of nitrogens with zero attached hydrogens (tertiary/aromatic N) is 2. The van der Waals surface area contributed by atoms with E-state index >= 15 is 0 Å². The van der Waals surface area contributed by atoms with E-state index in [2.05, 4.69) is 17.1 Å². The number of ether oxygens (including phenoxy) is 1. The van der Waals surface area contributed by atoms with Crippen LogP contribution in [0, 0.1) is 0 Å². The van der Waals surface area contributed by atoms with E-state index in [1.807, 2.05) is 23.1 Å². The number of carbonyl (C=O) groups is 1. The summed E-state index contributed by atoms with van der Waals surface area (Å²) in [6, 6.07) is 14.1. The molecule has 1 aliphatic heterocycles. The molecule has 0 aliphatic carbocycles. The van der Waals surface area contributed by atoms with Gasteiger partial charge in [-0.25, -0.2) is 4.98 Å². The predicted molar refractivity (Wildman–Crippen MR) is 85.0 cm³/mol. The second-order valence-corrected chi connectivity index (χ2v) is 5.57. The standard InChI is InChI=1S/C18H20N2O2/c1-22-17-10-9-15(13-19-17)18(21)20-11-5-8-16(20)12-14-6-3-2-4-7-14/h2-4,6-7,9-10,13,16H,5,8,11-12H2,1H3. The zero-order valence-corrected chi connectivity index (χ0v) is 12.7. The van der Waals surface area contributed by atoms with Crippen molar-refractivity contribution in [2.45, 2.75) is 25.3 Å². The Kier molecular flexibility index (Phi) is 4.37. The van der Waals surface area contributed by atoms with Crippen LogP contribution in [0.4, 0.5) is 0 Å². The molecule has 4 nitrogen and oxygen atoms in total. The fraction of sp³-hybridized carbons (Fsp3) is 0.333. The van der Waals surface area contributed by atoms with Crippen molar-refractivity contribution in [2.24, 2.45) is 0 Å². The van der Waals surface area contributed by atoms with Gasteiger partial charge in [0, 0.05) is 24.8 Å². The van der Waals surface area contributed by atoms with Crippen LogP contribution in [0.2, 0.25) is 0 Å². The zero-order valence-electron chi connectivity index (χ0n) is 12.7. The largest absolute Gasteiger partial charge is 0.481 e. The maximum Gasteiger partial charge on any atom is 0.255 e. The van der Waals surface area contributed by atoms with Crippen LogP contribution in [0.1, 0.15) is 28.8 Å². The number of amides is 1. The minimum Gasteiger partial charge on any atom is -0.481 e. The number of likely N-dealkylation sites (tertiary alicyclic amines) is 1. The van der Waals surface area contributed by atoms with Gasteiger partial charge in [-0.3, -0.25) is 4.79 Å². The lowest BCUT2D eigenvalue weighted by Crippen LogP contribution is -2.36. The molecule has 1 aromatic carbocycles. The molecule has 2 heterocycles. The molecule has 1 aromatic heterocycles. The molecule has 114 valence electrons. The number of aromatic nitrogens is 1. The summed E-state index contributed by atoms with van der Waals surface area (Å²) in [6.07, 6.45) is 4.63. The first-order valence-corrected chi connectivity index (χ1v) is 7.63. The molecule has 0 bridgehead atoms. The molecule has 1 unspecified atom stereocenters. The van der Waals surface area contributed by atoms with E-state index in [1.54, 1.807) is 25.4 Å². The topological polar surface area (TPSA) is 42.4 Å². The van der Waals surface area contributed by atoms with Gasteiger partial charge in [-0.05, 0) is 30.9 Å². The van der Waals surface area contributed by atoms with E-state index in [-0.39, 0.29) is 11.9 Å². The summed E-state index contributed by atoms with van der Waals surface area (Å²) < 4.78 is 5.04. The molecule has 2 aromatic rings. The Morgan fingerprint density at radius 3 is 2.77 bits per heavy atom. The molecular weight excluding hydrogens is 276 g/mol. The Morgan fingerprint density at radius 1 is 1.27 bits per heavy atom. The molecule has 1 fully saturated rings. The minimum atomic E-state index is 0.0635. The Hall–Kier alpha value is -2.36. The normalized spacial score (nSPS) is 17.5. The average Bonchev–Trinajstić information content (AvgIpc) is 3.03. The SMILES string of the molecule is COc1ccc(C(=O)N2CCCC2Cc2ccccc2)cn1. The highest BCUT2D eigenvalue weighted by Crippen LogP contribution is 2.23. The molecule has 1 atom stereocenters. The third-order valence-electron chi connectivity index (χ3n) is 4.14. The number of hydrogen-bond acceptors (Lipinski definition) is 3. The van der Waals surface area contributed by atoms with E-state index in [9.17, 15) is 4.79 Å². The van der Waals surface area contributed by atoms with Crippen LogP contribution >= 0.6 is 0 Å². The Bertz CT molecular complexity index is 625. The van der Waals surface area contributed by atoms with Gasteiger partial charge in [0.1, 0.15) is 0 Å². The third-order valence-corrected chi connectivity index (χ3v) is 4.14. The third kappa shape index (κ3) is 3.11. The number of rotatable bonds is 4. The van der Waals surface area contributed by atoms with Gasteiger partial charge in [-0.2, -0.15) is 0 Å². The zero-order chi connectivity index (χ0) is 15.4. The van der Waals surface area contributed by atoms with Gasteiger partial charge in [-0.1, -0.05) is 30.3 Å². The van der Waals surface area contributed by atoms with Crippen LogP contribution in [-0.2, 0) is 6.42 Å². The van der Waals surface area contributed by atoms with Crippen LogP contribution in [0.15, 0.2) is 48.7 Å². The Morgan fingerprint density at radius 2 is 2.09 bits per heavy atom. The highest BCUT2D eigenvalue weighted by atomic mass is 16.5. The molecular formula is C18H20N2O2. The van der Waals surface area contributed by atoms with Gasteiger partial charge >= 0.3 is 0 Å². The fourth-order valence-corrected chi connectivity index (χ4v) is 2.99. The second-order valence-electron chi connectivity index (χ2n) is 5.57. The van der Waals surface area contributed by atoms with Gasteiger partial charge in [0.15, 0.2) is 0 Å². The maximum atomic E-state index is 12.7. The van der Waals surface area contributed by atoms with Crippen molar-refractivity contribution in [3.63, 3.8) is 0 Å². The van der Waals surface area contributed by atoms with Crippen molar-refractivity contribution < 1.29 is 9.53 Å². The van der Waals surface area contributed by atoms with Crippen LogP contribution < -0.4 is 4.74 Å². The second kappa shape index (κ2) is 6.60. The molecule has 3 rings (SSSR count). The molecule has 22 heavy (non-hydrogen) atoms. The quantitative estimate of drug-likeness (QED) is 0.871. The first kappa shape index (κ1) is 14.6. The van der Waals surface area contributed by atoms with Crippen molar-refractivity contribution in [1.29, 1.82) is 0 Å². The van der Waals surface area contributed by atoms with E-state index in [4.69, 9.17) is 4.74 Å². The van der Waals surface area contributed by atoms with Crippen molar-refractivity contribution in [2.75, 3.05) is 13.7 Å². The minimum absolute atomic E-state index is 0.0635. The summed E-state index contributed by atoms with van der Waals surface area (Å²) in [5.74, 6) is 0.590. The summed E-state index contributed by atoms with van der Waals surface area (Å²) in [5, 5.41) is 0. The highest BCUT2D eigenvalue weighted by Gasteiger charge is 2.29. The van der Waals surface area contributed by atoms with Gasteiger partial charge in [0.25, 0.3) is 5.91 Å². The number of benzene rings is 1. The van der Waals surface area contributed by atoms with Crippen LogP contribution in [-0.4, -0.2) is 35.5 Å². The monoisotopic (exact) mass is 296 g/mol. The van der Waals surface area contributed by atoms with E-state index < -0.39 is 0 Å². The number of methoxy groups -OCH3 is 1. The Balaban J connectivity index is 1.73. The highest BCUT2D eigenvalue weighted by molar-refractivity contribution is 5.94. The van der Waals surface area contributed by atoms with E-state index in [1.165, 1.54) is 5.56 Å². The molecule has 1 saturated heterocycles. The fourth-order valence-electron chi connectivity index (χ4n) is 2.99. The predicted octanol–water partition coefficient (Wildman–Crippen LogP) is 2.94. The first-order chi connectivity index (χ1) is 10.8. The van der Waals surface area contributed by atoms with Gasteiger partial charge in [-0.15, -0.1) is 0 Å². The summed E-state index contributed by atoms with van der Waals surface area (Å²) in [7, 11) is 1.57. The molecule has 0 spiro atoms. The lowest BCUT2D eigenvalue weighted by Gasteiger charge is -2.25. The summed E-state index contributed by atoms with van der Waals surface area (Å²) in [6.45, 7) is 0.822. The molecule has 4 heteroatoms. The number of hydrogen-bond donors (Lipinski definition) is 0. The number of pyridine rings is 1. The van der Waals surface area contributed by atoms with Gasteiger partial charge in [0.05, 0.1) is 12.7 Å². The summed E-state index contributed by atoms with van der Waals surface area (Å²) >= 11 is 0. The first-order valence-electron chi connectivity index (χ1n) is 7.63. The van der Waals surface area contributed by atoms with Crippen molar-refractivity contribution in [3.05, 3.63) is 59.8 Å². The van der Waals surface area contributed by atoms with Crippen molar-refractivity contribution >= 4 is 5.91 Å². The molecule has 1 amide bonds. The molecule has 0 radical (unpaired) electrons.